The number of halogens is 6. The summed E-state index contributed by atoms with van der Waals surface area (Å²) in [6.45, 7) is 4.45. The predicted molar refractivity (Wildman–Crippen MR) is 144 cm³/mol. The van der Waals surface area contributed by atoms with E-state index in [1.54, 1.807) is 20.8 Å². The quantitative estimate of drug-likeness (QED) is 0.229. The summed E-state index contributed by atoms with van der Waals surface area (Å²) in [5.74, 6) is -1.98. The number of nitrogens with zero attached hydrogens (tertiary/aromatic N) is 5. The Bertz CT molecular complexity index is 1530. The van der Waals surface area contributed by atoms with E-state index >= 15 is 0 Å². The van der Waals surface area contributed by atoms with Gasteiger partial charge in [-0.05, 0) is 52.3 Å². The Labute approximate surface area is 247 Å². The number of hydrogen-bond acceptors (Lipinski definition) is 7. The van der Waals surface area contributed by atoms with Gasteiger partial charge in [-0.15, -0.1) is 0 Å². The zero-order chi connectivity index (χ0) is 33.2. The maximum Gasteiger partial charge on any atom is 0.435 e. The van der Waals surface area contributed by atoms with Crippen LogP contribution < -0.4 is 21.7 Å². The number of hydrogen-bond donors (Lipinski definition) is 3. The Balaban J connectivity index is 1.89. The van der Waals surface area contributed by atoms with Crippen molar-refractivity contribution in [3.63, 3.8) is 0 Å². The lowest BCUT2D eigenvalue weighted by Gasteiger charge is -2.30. The molecule has 3 N–H and O–H groups in total. The normalized spacial score (nSPS) is 13.2. The summed E-state index contributed by atoms with van der Waals surface area (Å²) >= 11 is 0. The number of aryl methyl sites for hydroxylation is 1. The summed E-state index contributed by atoms with van der Waals surface area (Å²) in [6.07, 6.45) is -2.79. The van der Waals surface area contributed by atoms with Gasteiger partial charge in [0.05, 0.1) is 24.0 Å². The fourth-order valence-electron chi connectivity index (χ4n) is 4.04. The summed E-state index contributed by atoms with van der Waals surface area (Å²) in [4.78, 5) is 37.4. The third-order valence-electron chi connectivity index (χ3n) is 5.87. The number of rotatable bonds is 10. The van der Waals surface area contributed by atoms with E-state index in [0.717, 1.165) is 33.9 Å². The first kappa shape index (κ1) is 34.1. The molecule has 0 aliphatic carbocycles. The second-order valence-electron chi connectivity index (χ2n) is 11.6. The van der Waals surface area contributed by atoms with Crippen molar-refractivity contribution >= 4 is 12.0 Å². The standard InChI is InChI=1S/C26H32F6N8O4/c1-24(2,3)44-23(43)36-35-17(7-14-10-33-39(11-14)22(28)29)20(41)34-25(4,5)13-40-18(9-19(37-40)26(30,31)32)15-8-16(27)21(42)38(6)12-15/h8-12,17,22,35H,7,13H2,1-6H3,(H,34,41)(H,36,43)/t17-/m1/s1. The highest BCUT2D eigenvalue weighted by molar-refractivity contribution is 5.83. The molecule has 242 valence electrons. The van der Waals surface area contributed by atoms with E-state index in [1.165, 1.54) is 20.9 Å². The first-order valence-electron chi connectivity index (χ1n) is 13.0. The van der Waals surface area contributed by atoms with Gasteiger partial charge in [0, 0.05) is 31.4 Å². The Morgan fingerprint density at radius 1 is 1.07 bits per heavy atom. The van der Waals surface area contributed by atoms with Crippen LogP contribution in [0.3, 0.4) is 0 Å². The molecule has 0 saturated carbocycles. The zero-order valence-corrected chi connectivity index (χ0v) is 24.6. The van der Waals surface area contributed by atoms with Crippen molar-refractivity contribution in [1.29, 1.82) is 0 Å². The molecule has 2 amide bonds. The molecule has 3 aromatic rings. The van der Waals surface area contributed by atoms with Gasteiger partial charge in [-0.1, -0.05) is 0 Å². The van der Waals surface area contributed by atoms with Crippen LogP contribution in [0.1, 0.15) is 52.4 Å². The molecular weight excluding hydrogens is 602 g/mol. The van der Waals surface area contributed by atoms with Crippen molar-refractivity contribution in [1.82, 2.24) is 40.3 Å². The van der Waals surface area contributed by atoms with Crippen LogP contribution in [0.4, 0.5) is 31.1 Å². The topological polar surface area (TPSA) is 137 Å². The van der Waals surface area contributed by atoms with E-state index in [1.807, 2.05) is 0 Å². The van der Waals surface area contributed by atoms with Crippen molar-refractivity contribution in [2.24, 2.45) is 7.05 Å². The number of carbonyl (C=O) groups excluding carboxylic acids is 2. The van der Waals surface area contributed by atoms with Crippen LogP contribution in [0, 0.1) is 5.82 Å². The molecular formula is C26H32F6N8O4. The number of carbonyl (C=O) groups is 2. The molecule has 0 fully saturated rings. The highest BCUT2D eigenvalue weighted by atomic mass is 19.4. The fourth-order valence-corrected chi connectivity index (χ4v) is 4.04. The average Bonchev–Trinajstić information content (AvgIpc) is 3.50. The van der Waals surface area contributed by atoms with Crippen LogP contribution in [-0.2, 0) is 35.7 Å². The molecule has 3 heterocycles. The largest absolute Gasteiger partial charge is 0.443 e. The van der Waals surface area contributed by atoms with E-state index in [2.05, 4.69) is 26.4 Å². The molecule has 3 aromatic heterocycles. The molecule has 12 nitrogen and oxygen atoms in total. The van der Waals surface area contributed by atoms with Crippen LogP contribution in [0.15, 0.2) is 35.5 Å². The molecule has 0 saturated heterocycles. The Kier molecular flexibility index (Phi) is 9.86. The Hall–Kier alpha value is -4.35. The molecule has 0 aromatic carbocycles. The molecule has 3 rings (SSSR count). The second kappa shape index (κ2) is 12.7. The number of alkyl halides is 5. The van der Waals surface area contributed by atoms with E-state index in [0.29, 0.717) is 10.7 Å². The van der Waals surface area contributed by atoms with Crippen molar-refractivity contribution in [2.45, 2.75) is 77.5 Å². The SMILES string of the molecule is Cn1cc(-c2cc(C(F)(F)F)nn2CC(C)(C)NC(=O)[C@@H](Cc2cnn(C(F)F)c2)NNC(=O)OC(C)(C)C)cc(F)c1=O. The highest BCUT2D eigenvalue weighted by Crippen LogP contribution is 2.32. The van der Waals surface area contributed by atoms with E-state index in [9.17, 15) is 40.7 Å². The summed E-state index contributed by atoms with van der Waals surface area (Å²) in [7, 11) is 1.23. The Morgan fingerprint density at radius 3 is 2.27 bits per heavy atom. The zero-order valence-electron chi connectivity index (χ0n) is 24.6. The van der Waals surface area contributed by atoms with Crippen LogP contribution in [-0.4, -0.2) is 53.3 Å². The minimum absolute atomic E-state index is 0.0770. The number of ether oxygens (including phenoxy) is 1. The molecule has 0 bridgehead atoms. The van der Waals surface area contributed by atoms with Crippen molar-refractivity contribution in [3.05, 3.63) is 58.2 Å². The molecule has 0 aliphatic rings. The van der Waals surface area contributed by atoms with Gasteiger partial charge in [0.15, 0.2) is 11.5 Å². The minimum Gasteiger partial charge on any atom is -0.443 e. The number of hydrazine groups is 1. The minimum atomic E-state index is -4.86. The van der Waals surface area contributed by atoms with E-state index < -0.39 is 59.0 Å². The summed E-state index contributed by atoms with van der Waals surface area (Å²) in [6, 6.07) is 0.175. The van der Waals surface area contributed by atoms with E-state index in [4.69, 9.17) is 4.74 Å². The lowest BCUT2D eigenvalue weighted by Crippen LogP contribution is -2.58. The monoisotopic (exact) mass is 634 g/mol. The molecule has 1 atom stereocenters. The molecule has 44 heavy (non-hydrogen) atoms. The van der Waals surface area contributed by atoms with Gasteiger partial charge in [-0.3, -0.25) is 19.7 Å². The Morgan fingerprint density at radius 2 is 1.73 bits per heavy atom. The van der Waals surface area contributed by atoms with Crippen LogP contribution in [0.25, 0.3) is 11.3 Å². The average molecular weight is 635 g/mol. The number of amides is 2. The van der Waals surface area contributed by atoms with Gasteiger partial charge >= 0.3 is 18.8 Å². The smallest absolute Gasteiger partial charge is 0.435 e. The number of pyridine rings is 1. The first-order valence-corrected chi connectivity index (χ1v) is 13.0. The van der Waals surface area contributed by atoms with Crippen molar-refractivity contribution in [3.8, 4) is 11.3 Å². The summed E-state index contributed by atoms with van der Waals surface area (Å²) in [5, 5.41) is 9.79. The van der Waals surface area contributed by atoms with E-state index in [-0.39, 0.29) is 29.8 Å². The van der Waals surface area contributed by atoms with Gasteiger partial charge in [0.25, 0.3) is 5.56 Å². The maximum absolute atomic E-state index is 14.2. The van der Waals surface area contributed by atoms with Crippen LogP contribution in [0.2, 0.25) is 0 Å². The third-order valence-corrected chi connectivity index (χ3v) is 5.87. The molecule has 0 spiro atoms. The van der Waals surface area contributed by atoms with Crippen LogP contribution in [0.5, 0.6) is 0 Å². The number of nitrogens with one attached hydrogen (secondary N) is 3. The lowest BCUT2D eigenvalue weighted by molar-refractivity contribution is -0.141. The molecule has 0 aliphatic heterocycles. The van der Waals surface area contributed by atoms with Gasteiger partial charge in [0.1, 0.15) is 11.6 Å². The van der Waals surface area contributed by atoms with Gasteiger partial charge in [-0.2, -0.15) is 32.1 Å². The third kappa shape index (κ3) is 9.08. The molecule has 0 radical (unpaired) electrons. The van der Waals surface area contributed by atoms with Gasteiger partial charge in [0.2, 0.25) is 5.91 Å². The molecule has 0 unspecified atom stereocenters. The summed E-state index contributed by atoms with van der Waals surface area (Å²) in [5.41, 5.74) is 0.150. The maximum atomic E-state index is 14.2. The second-order valence-corrected chi connectivity index (χ2v) is 11.6. The number of aromatic nitrogens is 5. The fraction of sp³-hybridized carbons (Fsp3) is 0.500. The van der Waals surface area contributed by atoms with Gasteiger partial charge < -0.3 is 14.6 Å². The van der Waals surface area contributed by atoms with Crippen molar-refractivity contribution < 1.29 is 40.7 Å². The van der Waals surface area contributed by atoms with Crippen LogP contribution >= 0.6 is 0 Å². The van der Waals surface area contributed by atoms with Crippen molar-refractivity contribution in [2.75, 3.05) is 0 Å². The highest BCUT2D eigenvalue weighted by Gasteiger charge is 2.36. The summed E-state index contributed by atoms with van der Waals surface area (Å²) < 4.78 is 88.3. The first-order chi connectivity index (χ1) is 20.1. The lowest BCUT2D eigenvalue weighted by atomic mass is 10.0. The predicted octanol–water partition coefficient (Wildman–Crippen LogP) is 3.53. The molecule has 18 heteroatoms. The van der Waals surface area contributed by atoms with Gasteiger partial charge in [-0.25, -0.2) is 19.3 Å².